The van der Waals surface area contributed by atoms with Gasteiger partial charge < -0.3 is 9.84 Å². The number of hydrogen-bond donors (Lipinski definition) is 1. The van der Waals surface area contributed by atoms with Crippen molar-refractivity contribution < 1.29 is 27.8 Å². The Morgan fingerprint density at radius 3 is 2.50 bits per heavy atom. The second-order valence-electron chi connectivity index (χ2n) is 4.19. The molecule has 0 saturated heterocycles. The molecule has 0 bridgehead atoms. The van der Waals surface area contributed by atoms with Crippen LogP contribution >= 0.6 is 0 Å². The minimum Gasteiger partial charge on any atom is -0.451 e. The van der Waals surface area contributed by atoms with Crippen molar-refractivity contribution in [1.82, 2.24) is 5.01 Å². The first-order valence-electron chi connectivity index (χ1n) is 5.60. The van der Waals surface area contributed by atoms with Crippen molar-refractivity contribution in [2.24, 2.45) is 5.10 Å². The number of aliphatic hydroxyl groups is 1. The lowest BCUT2D eigenvalue weighted by Crippen LogP contribution is -2.56. The molecule has 0 fully saturated rings. The van der Waals surface area contributed by atoms with Crippen molar-refractivity contribution in [3.8, 4) is 0 Å². The van der Waals surface area contributed by atoms with Gasteiger partial charge in [0, 0.05) is 0 Å². The number of alkyl halides is 3. The summed E-state index contributed by atoms with van der Waals surface area (Å²) in [6.07, 6.45) is -7.28. The summed E-state index contributed by atoms with van der Waals surface area (Å²) in [7, 11) is 0.912. The number of methoxy groups -OCH3 is 1. The van der Waals surface area contributed by atoms with Crippen LogP contribution in [0.1, 0.15) is 12.0 Å². The zero-order valence-electron chi connectivity index (χ0n) is 10.4. The van der Waals surface area contributed by atoms with Crippen molar-refractivity contribution in [2.75, 3.05) is 7.11 Å². The summed E-state index contributed by atoms with van der Waals surface area (Å²) < 4.78 is 43.3. The molecule has 2 rings (SSSR count). The van der Waals surface area contributed by atoms with Crippen LogP contribution in [0.3, 0.4) is 0 Å². The number of halogens is 3. The van der Waals surface area contributed by atoms with Gasteiger partial charge in [-0.3, -0.25) is 0 Å². The Kier molecular flexibility index (Phi) is 3.43. The number of carbonyl (C=O) groups is 1. The molecule has 1 heterocycles. The third-order valence-electron chi connectivity index (χ3n) is 2.89. The highest BCUT2D eigenvalue weighted by atomic mass is 19.4. The van der Waals surface area contributed by atoms with E-state index in [0.717, 1.165) is 7.11 Å². The average molecular weight is 288 g/mol. The summed E-state index contributed by atoms with van der Waals surface area (Å²) in [5, 5.41) is 13.3. The Hall–Kier alpha value is -2.09. The van der Waals surface area contributed by atoms with Crippen LogP contribution in [-0.2, 0) is 4.74 Å². The third-order valence-corrected chi connectivity index (χ3v) is 2.89. The lowest BCUT2D eigenvalue weighted by atomic mass is 10.0. The molecule has 0 unspecified atom stereocenters. The van der Waals surface area contributed by atoms with E-state index in [4.69, 9.17) is 0 Å². The molecule has 1 amide bonds. The summed E-state index contributed by atoms with van der Waals surface area (Å²) in [5.74, 6) is 0. The predicted octanol–water partition coefficient (Wildman–Crippen LogP) is 2.11. The van der Waals surface area contributed by atoms with Gasteiger partial charge in [-0.15, -0.1) is 0 Å². The van der Waals surface area contributed by atoms with Crippen LogP contribution < -0.4 is 0 Å². The van der Waals surface area contributed by atoms with E-state index in [2.05, 4.69) is 9.84 Å². The molecule has 5 nitrogen and oxygen atoms in total. The number of carbonyl (C=O) groups excluding carboxylic acids is 1. The summed E-state index contributed by atoms with van der Waals surface area (Å²) >= 11 is 0. The SMILES string of the molecule is COC(=O)N1N=C(c2ccccc2)C[C@]1(O)C(F)(F)F. The first-order chi connectivity index (χ1) is 9.29. The lowest BCUT2D eigenvalue weighted by molar-refractivity contribution is -0.299. The highest BCUT2D eigenvalue weighted by molar-refractivity contribution is 6.03. The van der Waals surface area contributed by atoms with Crippen molar-refractivity contribution >= 4 is 11.8 Å². The smallest absolute Gasteiger partial charge is 0.439 e. The normalized spacial score (nSPS) is 22.6. The van der Waals surface area contributed by atoms with Gasteiger partial charge in [0.1, 0.15) is 0 Å². The van der Waals surface area contributed by atoms with Gasteiger partial charge in [-0.1, -0.05) is 30.3 Å². The van der Waals surface area contributed by atoms with E-state index in [-0.39, 0.29) is 10.7 Å². The molecule has 0 aromatic heterocycles. The summed E-state index contributed by atoms with van der Waals surface area (Å²) in [5.41, 5.74) is -3.05. The highest BCUT2D eigenvalue weighted by Crippen LogP contribution is 2.41. The Balaban J connectivity index is 2.43. The minimum atomic E-state index is -5.05. The van der Waals surface area contributed by atoms with E-state index >= 15 is 0 Å². The van der Waals surface area contributed by atoms with Crippen molar-refractivity contribution in [1.29, 1.82) is 0 Å². The zero-order valence-corrected chi connectivity index (χ0v) is 10.4. The van der Waals surface area contributed by atoms with Crippen molar-refractivity contribution in [3.05, 3.63) is 35.9 Å². The number of amides is 1. The van der Waals surface area contributed by atoms with Gasteiger partial charge in [0.25, 0.3) is 5.72 Å². The molecule has 20 heavy (non-hydrogen) atoms. The van der Waals surface area contributed by atoms with Gasteiger partial charge in [0.15, 0.2) is 0 Å². The van der Waals surface area contributed by atoms with Crippen molar-refractivity contribution in [2.45, 2.75) is 18.3 Å². The highest BCUT2D eigenvalue weighted by Gasteiger charge is 2.63. The maximum Gasteiger partial charge on any atom is 0.439 e. The first-order valence-corrected chi connectivity index (χ1v) is 5.60. The molecule has 1 atom stereocenters. The van der Waals surface area contributed by atoms with Gasteiger partial charge in [-0.2, -0.15) is 23.3 Å². The van der Waals surface area contributed by atoms with Gasteiger partial charge in [0.2, 0.25) is 0 Å². The van der Waals surface area contributed by atoms with E-state index in [0.29, 0.717) is 5.56 Å². The molecule has 1 aromatic carbocycles. The van der Waals surface area contributed by atoms with E-state index in [1.807, 2.05) is 0 Å². The quantitative estimate of drug-likeness (QED) is 0.861. The van der Waals surface area contributed by atoms with Gasteiger partial charge in [-0.25, -0.2) is 4.79 Å². The van der Waals surface area contributed by atoms with Gasteiger partial charge >= 0.3 is 12.3 Å². The Morgan fingerprint density at radius 1 is 1.40 bits per heavy atom. The molecule has 0 radical (unpaired) electrons. The van der Waals surface area contributed by atoms with Crippen molar-refractivity contribution in [3.63, 3.8) is 0 Å². The van der Waals surface area contributed by atoms with E-state index in [9.17, 15) is 23.1 Å². The van der Waals surface area contributed by atoms with E-state index in [1.54, 1.807) is 18.2 Å². The van der Waals surface area contributed by atoms with Crippen LogP contribution in [-0.4, -0.2) is 40.9 Å². The molecule has 0 saturated carbocycles. The summed E-state index contributed by atoms with van der Waals surface area (Å²) in [4.78, 5) is 11.4. The van der Waals surface area contributed by atoms with Crippen LogP contribution in [0, 0.1) is 0 Å². The third kappa shape index (κ3) is 2.22. The fraction of sp³-hybridized carbons (Fsp3) is 0.333. The molecule has 108 valence electrons. The largest absolute Gasteiger partial charge is 0.451 e. The van der Waals surface area contributed by atoms with Gasteiger partial charge in [-0.05, 0) is 5.56 Å². The molecule has 1 aromatic rings. The Morgan fingerprint density at radius 2 is 2.00 bits per heavy atom. The van der Waals surface area contributed by atoms with Gasteiger partial charge in [0.05, 0.1) is 19.2 Å². The standard InChI is InChI=1S/C12H11F3N2O3/c1-20-10(18)17-11(19,12(13,14)15)7-9(16-17)8-5-3-2-4-6-8/h2-6,19H,7H2,1H3/t11-/m0/s1. The van der Waals surface area contributed by atoms with Crippen LogP contribution in [0.25, 0.3) is 0 Å². The van der Waals surface area contributed by atoms with Crippen LogP contribution in [0.4, 0.5) is 18.0 Å². The fourth-order valence-electron chi connectivity index (χ4n) is 1.84. The second kappa shape index (κ2) is 4.78. The molecule has 1 aliphatic heterocycles. The van der Waals surface area contributed by atoms with Crippen LogP contribution in [0.5, 0.6) is 0 Å². The number of rotatable bonds is 1. The summed E-state index contributed by atoms with van der Waals surface area (Å²) in [6.45, 7) is 0. The second-order valence-corrected chi connectivity index (χ2v) is 4.19. The molecular weight excluding hydrogens is 277 g/mol. The minimum absolute atomic E-state index is 0.0455. The Bertz CT molecular complexity index is 545. The molecule has 0 aliphatic carbocycles. The number of hydrogen-bond acceptors (Lipinski definition) is 4. The van der Waals surface area contributed by atoms with E-state index in [1.165, 1.54) is 12.1 Å². The molecule has 0 spiro atoms. The molecule has 1 aliphatic rings. The van der Waals surface area contributed by atoms with Crippen LogP contribution in [0.2, 0.25) is 0 Å². The lowest BCUT2D eigenvalue weighted by Gasteiger charge is -2.31. The Labute approximate surface area is 112 Å². The molecule has 1 N–H and O–H groups in total. The number of ether oxygens (including phenoxy) is 1. The number of benzene rings is 1. The predicted molar refractivity (Wildman–Crippen MR) is 62.8 cm³/mol. The fourth-order valence-corrected chi connectivity index (χ4v) is 1.84. The first kappa shape index (κ1) is 14.3. The topological polar surface area (TPSA) is 62.1 Å². The maximum absolute atomic E-state index is 13.0. The summed E-state index contributed by atoms with van der Waals surface area (Å²) in [6, 6.07) is 8.00. The number of hydrazone groups is 1. The average Bonchev–Trinajstić information content (AvgIpc) is 2.78. The van der Waals surface area contributed by atoms with E-state index < -0.39 is 24.4 Å². The monoisotopic (exact) mass is 288 g/mol. The molecular formula is C12H11F3N2O3. The zero-order chi connectivity index (χ0) is 15.0. The number of nitrogens with zero attached hydrogens (tertiary/aromatic N) is 2. The molecule has 8 heteroatoms. The maximum atomic E-state index is 13.0. The van der Waals surface area contributed by atoms with Crippen LogP contribution in [0.15, 0.2) is 35.4 Å².